The third-order valence-electron chi connectivity index (χ3n) is 2.34. The van der Waals surface area contributed by atoms with E-state index >= 15 is 0 Å². The molecule has 3 aromatic heterocycles. The fraction of sp³-hybridized carbons (Fsp3) is 0.0909. The number of anilines is 1. The summed E-state index contributed by atoms with van der Waals surface area (Å²) in [5.74, 6) is 1.15. The SMILES string of the molecule is CNc1nc(Oc2cncc(Br)c2)nc(-n2cncn2)n1. The van der Waals surface area contributed by atoms with E-state index in [1.165, 1.54) is 17.3 Å². The van der Waals surface area contributed by atoms with Gasteiger partial charge < -0.3 is 10.1 Å². The minimum Gasteiger partial charge on any atom is -0.422 e. The maximum Gasteiger partial charge on any atom is 0.328 e. The molecule has 0 saturated carbocycles. The highest BCUT2D eigenvalue weighted by atomic mass is 79.9. The van der Waals surface area contributed by atoms with E-state index in [1.54, 1.807) is 25.5 Å². The molecule has 1 N–H and O–H groups in total. The van der Waals surface area contributed by atoms with Crippen molar-refractivity contribution in [3.8, 4) is 17.7 Å². The molecule has 0 aliphatic rings. The van der Waals surface area contributed by atoms with Gasteiger partial charge in [-0.05, 0) is 22.0 Å². The summed E-state index contributed by atoms with van der Waals surface area (Å²) in [5, 5.41) is 6.81. The molecule has 10 heteroatoms. The van der Waals surface area contributed by atoms with Gasteiger partial charge in [0.2, 0.25) is 5.95 Å². The quantitative estimate of drug-likeness (QED) is 0.755. The van der Waals surface area contributed by atoms with Gasteiger partial charge in [-0.1, -0.05) is 0 Å². The number of ether oxygens (including phenoxy) is 1. The molecule has 9 nitrogen and oxygen atoms in total. The van der Waals surface area contributed by atoms with E-state index in [1.807, 2.05) is 0 Å². The minimum absolute atomic E-state index is 0.125. The number of nitrogens with one attached hydrogen (secondary N) is 1. The molecule has 0 bridgehead atoms. The van der Waals surface area contributed by atoms with Gasteiger partial charge >= 0.3 is 6.01 Å². The van der Waals surface area contributed by atoms with Crippen molar-refractivity contribution in [2.45, 2.75) is 0 Å². The molecule has 0 fully saturated rings. The Morgan fingerprint density at radius 1 is 1.19 bits per heavy atom. The summed E-state index contributed by atoms with van der Waals surface area (Å²) in [6, 6.07) is 1.88. The second kappa shape index (κ2) is 5.79. The fourth-order valence-corrected chi connectivity index (χ4v) is 1.81. The Morgan fingerprint density at radius 2 is 2.10 bits per heavy atom. The summed E-state index contributed by atoms with van der Waals surface area (Å²) < 4.78 is 7.79. The van der Waals surface area contributed by atoms with Crippen LogP contribution in [0.3, 0.4) is 0 Å². The van der Waals surface area contributed by atoms with Gasteiger partial charge in [0.25, 0.3) is 5.95 Å². The van der Waals surface area contributed by atoms with Gasteiger partial charge in [0.15, 0.2) is 5.75 Å². The Balaban J connectivity index is 1.96. The van der Waals surface area contributed by atoms with Crippen molar-refractivity contribution >= 4 is 21.9 Å². The third kappa shape index (κ3) is 3.11. The zero-order valence-electron chi connectivity index (χ0n) is 10.8. The number of hydrogen-bond donors (Lipinski definition) is 1. The Labute approximate surface area is 127 Å². The number of halogens is 1. The van der Waals surface area contributed by atoms with E-state index < -0.39 is 0 Å². The summed E-state index contributed by atoms with van der Waals surface area (Å²) in [6.07, 6.45) is 6.09. The van der Waals surface area contributed by atoms with Gasteiger partial charge in [0, 0.05) is 17.7 Å². The van der Waals surface area contributed by atoms with E-state index in [4.69, 9.17) is 4.74 Å². The molecule has 0 atom stereocenters. The summed E-state index contributed by atoms with van der Waals surface area (Å²) in [6.45, 7) is 0. The number of hydrogen-bond acceptors (Lipinski definition) is 8. The molecule has 0 aliphatic heterocycles. The van der Waals surface area contributed by atoms with Crippen LogP contribution in [0.5, 0.6) is 11.8 Å². The molecule has 0 radical (unpaired) electrons. The van der Waals surface area contributed by atoms with Gasteiger partial charge in [-0.15, -0.1) is 0 Å². The lowest BCUT2D eigenvalue weighted by atomic mass is 10.5. The van der Waals surface area contributed by atoms with Crippen LogP contribution in [0.15, 0.2) is 35.6 Å². The molecular formula is C11H9BrN8O. The zero-order valence-corrected chi connectivity index (χ0v) is 12.4. The maximum absolute atomic E-state index is 5.58. The molecule has 0 saturated heterocycles. The van der Waals surface area contributed by atoms with Gasteiger partial charge in [0.1, 0.15) is 12.7 Å². The van der Waals surface area contributed by atoms with Crippen LogP contribution in [0, 0.1) is 0 Å². The summed E-state index contributed by atoms with van der Waals surface area (Å²) in [5.41, 5.74) is 0. The molecule has 3 heterocycles. The summed E-state index contributed by atoms with van der Waals surface area (Å²) >= 11 is 3.32. The van der Waals surface area contributed by atoms with Gasteiger partial charge in [0.05, 0.1) is 6.20 Å². The van der Waals surface area contributed by atoms with Crippen molar-refractivity contribution in [2.24, 2.45) is 0 Å². The molecule has 3 aromatic rings. The second-order valence-electron chi connectivity index (χ2n) is 3.77. The standard InChI is InChI=1S/C11H9BrN8O/c1-13-9-17-10(20-6-15-5-16-20)19-11(18-9)21-8-2-7(12)3-14-4-8/h2-6H,1H3,(H,13,17,18,19). The summed E-state index contributed by atoms with van der Waals surface area (Å²) in [4.78, 5) is 20.3. The van der Waals surface area contributed by atoms with E-state index in [-0.39, 0.29) is 6.01 Å². The molecule has 0 aromatic carbocycles. The third-order valence-corrected chi connectivity index (χ3v) is 2.77. The molecule has 0 unspecified atom stereocenters. The Bertz CT molecular complexity index is 748. The van der Waals surface area contributed by atoms with E-state index in [2.05, 4.69) is 51.3 Å². The zero-order chi connectivity index (χ0) is 14.7. The molecule has 3 rings (SSSR count). The average Bonchev–Trinajstić information content (AvgIpc) is 3.01. The molecular weight excluding hydrogens is 340 g/mol. The number of nitrogens with zero attached hydrogens (tertiary/aromatic N) is 7. The molecule has 0 amide bonds. The van der Waals surface area contributed by atoms with Crippen molar-refractivity contribution in [1.29, 1.82) is 0 Å². The normalized spacial score (nSPS) is 10.4. The lowest BCUT2D eigenvalue weighted by molar-refractivity contribution is 0.436. The van der Waals surface area contributed by atoms with Gasteiger partial charge in [-0.2, -0.15) is 24.7 Å². The maximum atomic E-state index is 5.58. The van der Waals surface area contributed by atoms with Crippen LogP contribution in [0.1, 0.15) is 0 Å². The first-order chi connectivity index (χ1) is 10.2. The van der Waals surface area contributed by atoms with Crippen LogP contribution in [0.4, 0.5) is 5.95 Å². The van der Waals surface area contributed by atoms with E-state index in [9.17, 15) is 0 Å². The summed E-state index contributed by atoms with van der Waals surface area (Å²) in [7, 11) is 1.70. The Hall–Kier alpha value is -2.62. The van der Waals surface area contributed by atoms with Crippen LogP contribution >= 0.6 is 15.9 Å². The highest BCUT2D eigenvalue weighted by Crippen LogP contribution is 2.21. The van der Waals surface area contributed by atoms with Crippen LogP contribution in [0.2, 0.25) is 0 Å². The number of pyridine rings is 1. The van der Waals surface area contributed by atoms with E-state index in [0.29, 0.717) is 17.6 Å². The van der Waals surface area contributed by atoms with Crippen LogP contribution in [-0.2, 0) is 0 Å². The fourth-order valence-electron chi connectivity index (χ4n) is 1.47. The number of aromatic nitrogens is 7. The lowest BCUT2D eigenvalue weighted by Crippen LogP contribution is -2.08. The molecule has 0 spiro atoms. The Kier molecular flexibility index (Phi) is 3.69. The van der Waals surface area contributed by atoms with Crippen molar-refractivity contribution in [3.63, 3.8) is 0 Å². The van der Waals surface area contributed by atoms with E-state index in [0.717, 1.165) is 4.47 Å². The Morgan fingerprint density at radius 3 is 2.81 bits per heavy atom. The van der Waals surface area contributed by atoms with Gasteiger partial charge in [-0.3, -0.25) is 4.98 Å². The van der Waals surface area contributed by atoms with Crippen molar-refractivity contribution in [3.05, 3.63) is 35.6 Å². The van der Waals surface area contributed by atoms with Crippen LogP contribution in [0.25, 0.3) is 5.95 Å². The van der Waals surface area contributed by atoms with Gasteiger partial charge in [-0.25, -0.2) is 4.98 Å². The van der Waals surface area contributed by atoms with Crippen LogP contribution < -0.4 is 10.1 Å². The predicted molar refractivity (Wildman–Crippen MR) is 76.3 cm³/mol. The highest BCUT2D eigenvalue weighted by Gasteiger charge is 2.10. The number of rotatable bonds is 4. The first-order valence-electron chi connectivity index (χ1n) is 5.82. The highest BCUT2D eigenvalue weighted by molar-refractivity contribution is 9.10. The smallest absolute Gasteiger partial charge is 0.328 e. The van der Waals surface area contributed by atoms with Crippen LogP contribution in [-0.4, -0.2) is 41.7 Å². The molecule has 0 aliphatic carbocycles. The molecule has 21 heavy (non-hydrogen) atoms. The monoisotopic (exact) mass is 348 g/mol. The minimum atomic E-state index is 0.125. The largest absolute Gasteiger partial charge is 0.422 e. The van der Waals surface area contributed by atoms with Crippen molar-refractivity contribution in [2.75, 3.05) is 12.4 Å². The topological polar surface area (TPSA) is 104 Å². The first kappa shape index (κ1) is 13.4. The average molecular weight is 349 g/mol. The van der Waals surface area contributed by atoms with Crippen molar-refractivity contribution < 1.29 is 4.74 Å². The lowest BCUT2D eigenvalue weighted by Gasteiger charge is -2.07. The molecule has 106 valence electrons. The predicted octanol–water partition coefficient (Wildman–Crippen LogP) is 1.44. The second-order valence-corrected chi connectivity index (χ2v) is 4.69. The first-order valence-corrected chi connectivity index (χ1v) is 6.61. The van der Waals surface area contributed by atoms with Crippen molar-refractivity contribution in [1.82, 2.24) is 34.7 Å².